The Morgan fingerprint density at radius 2 is 1.60 bits per heavy atom. The standard InChI is InChI=1S/C19H29N/c1-6-10-17(11-7-2)16(5)20-15(4)14(3)18-12-8-9-13-19(18)20/h8-9,12-13,16-17H,6-7,10-11H2,1-5H3. The summed E-state index contributed by atoms with van der Waals surface area (Å²) in [6.07, 6.45) is 5.23. The molecule has 0 N–H and O–H groups in total. The van der Waals surface area contributed by atoms with Gasteiger partial charge in [-0.2, -0.15) is 0 Å². The fourth-order valence-electron chi connectivity index (χ4n) is 3.66. The molecule has 0 aliphatic rings. The summed E-state index contributed by atoms with van der Waals surface area (Å²) in [6, 6.07) is 9.45. The summed E-state index contributed by atoms with van der Waals surface area (Å²) < 4.78 is 2.58. The van der Waals surface area contributed by atoms with Crippen LogP contribution in [0.15, 0.2) is 24.3 Å². The number of aryl methyl sites for hydroxylation is 1. The van der Waals surface area contributed by atoms with Crippen LogP contribution in [0.25, 0.3) is 10.9 Å². The molecule has 1 heterocycles. The van der Waals surface area contributed by atoms with Crippen LogP contribution in [0.2, 0.25) is 0 Å². The SMILES string of the molecule is CCCC(CCC)C(C)n1c(C)c(C)c2ccccc21. The Morgan fingerprint density at radius 1 is 1.00 bits per heavy atom. The largest absolute Gasteiger partial charge is 0.342 e. The van der Waals surface area contributed by atoms with Crippen molar-refractivity contribution in [3.05, 3.63) is 35.5 Å². The van der Waals surface area contributed by atoms with Crippen LogP contribution in [0.3, 0.4) is 0 Å². The summed E-state index contributed by atoms with van der Waals surface area (Å²) in [5, 5.41) is 1.42. The molecule has 0 aliphatic heterocycles. The first kappa shape index (κ1) is 15.2. The predicted molar refractivity (Wildman–Crippen MR) is 89.4 cm³/mol. The van der Waals surface area contributed by atoms with E-state index in [1.165, 1.54) is 47.8 Å². The first-order chi connectivity index (χ1) is 9.61. The molecular weight excluding hydrogens is 242 g/mol. The van der Waals surface area contributed by atoms with E-state index < -0.39 is 0 Å². The molecule has 1 aromatic carbocycles. The van der Waals surface area contributed by atoms with Gasteiger partial charge in [-0.05, 0) is 51.2 Å². The van der Waals surface area contributed by atoms with Gasteiger partial charge in [0.15, 0.2) is 0 Å². The molecule has 0 spiro atoms. The third-order valence-electron chi connectivity index (χ3n) is 4.88. The van der Waals surface area contributed by atoms with Crippen molar-refractivity contribution in [1.82, 2.24) is 4.57 Å². The molecular formula is C19H29N. The lowest BCUT2D eigenvalue weighted by Crippen LogP contribution is -2.17. The van der Waals surface area contributed by atoms with E-state index >= 15 is 0 Å². The smallest absolute Gasteiger partial charge is 0.0487 e. The average Bonchev–Trinajstić information content (AvgIpc) is 2.71. The van der Waals surface area contributed by atoms with E-state index in [1.54, 1.807) is 0 Å². The number of aromatic nitrogens is 1. The third kappa shape index (κ3) is 2.63. The molecule has 2 aromatic rings. The molecule has 110 valence electrons. The Labute approximate surface area is 124 Å². The van der Waals surface area contributed by atoms with Crippen LogP contribution in [-0.2, 0) is 0 Å². The zero-order valence-corrected chi connectivity index (χ0v) is 13.7. The van der Waals surface area contributed by atoms with Gasteiger partial charge in [0.2, 0.25) is 0 Å². The molecule has 0 amide bonds. The van der Waals surface area contributed by atoms with Gasteiger partial charge in [-0.3, -0.25) is 0 Å². The van der Waals surface area contributed by atoms with Crippen LogP contribution in [0.4, 0.5) is 0 Å². The van der Waals surface area contributed by atoms with E-state index in [-0.39, 0.29) is 0 Å². The fourth-order valence-corrected chi connectivity index (χ4v) is 3.66. The van der Waals surface area contributed by atoms with Crippen LogP contribution < -0.4 is 0 Å². The molecule has 0 saturated heterocycles. The Bertz CT molecular complexity index is 558. The molecule has 1 heteroatoms. The average molecular weight is 271 g/mol. The first-order valence-corrected chi connectivity index (χ1v) is 8.17. The monoisotopic (exact) mass is 271 g/mol. The second-order valence-electron chi connectivity index (χ2n) is 6.18. The van der Waals surface area contributed by atoms with E-state index in [2.05, 4.69) is 63.5 Å². The highest BCUT2D eigenvalue weighted by molar-refractivity contribution is 5.85. The summed E-state index contributed by atoms with van der Waals surface area (Å²) in [5.74, 6) is 0.791. The van der Waals surface area contributed by atoms with Gasteiger partial charge in [0, 0.05) is 22.6 Å². The highest BCUT2D eigenvalue weighted by Gasteiger charge is 2.21. The number of hydrogen-bond acceptors (Lipinski definition) is 0. The third-order valence-corrected chi connectivity index (χ3v) is 4.88. The van der Waals surface area contributed by atoms with E-state index in [0.717, 1.165) is 5.92 Å². The Balaban J connectivity index is 2.48. The van der Waals surface area contributed by atoms with Crippen molar-refractivity contribution in [3.63, 3.8) is 0 Å². The maximum Gasteiger partial charge on any atom is 0.0487 e. The second kappa shape index (κ2) is 6.47. The minimum absolute atomic E-state index is 0.591. The van der Waals surface area contributed by atoms with Crippen molar-refractivity contribution in [1.29, 1.82) is 0 Å². The number of rotatable bonds is 6. The maximum absolute atomic E-state index is 2.58. The Hall–Kier alpha value is -1.24. The van der Waals surface area contributed by atoms with Crippen molar-refractivity contribution >= 4 is 10.9 Å². The van der Waals surface area contributed by atoms with Gasteiger partial charge >= 0.3 is 0 Å². The minimum Gasteiger partial charge on any atom is -0.342 e. The summed E-state index contributed by atoms with van der Waals surface area (Å²) in [6.45, 7) is 11.6. The van der Waals surface area contributed by atoms with E-state index in [9.17, 15) is 0 Å². The van der Waals surface area contributed by atoms with Crippen molar-refractivity contribution < 1.29 is 0 Å². The topological polar surface area (TPSA) is 4.93 Å². The number of nitrogens with zero attached hydrogens (tertiary/aromatic N) is 1. The number of fused-ring (bicyclic) bond motifs is 1. The van der Waals surface area contributed by atoms with Gasteiger partial charge < -0.3 is 4.57 Å². The van der Waals surface area contributed by atoms with Crippen molar-refractivity contribution in [2.24, 2.45) is 5.92 Å². The van der Waals surface area contributed by atoms with Crippen molar-refractivity contribution in [2.45, 2.75) is 66.3 Å². The van der Waals surface area contributed by atoms with Gasteiger partial charge in [0.25, 0.3) is 0 Å². The zero-order chi connectivity index (χ0) is 14.7. The second-order valence-corrected chi connectivity index (χ2v) is 6.18. The summed E-state index contributed by atoms with van der Waals surface area (Å²) in [7, 11) is 0. The molecule has 1 aromatic heterocycles. The lowest BCUT2D eigenvalue weighted by Gasteiger charge is -2.27. The molecule has 1 unspecified atom stereocenters. The highest BCUT2D eigenvalue weighted by Crippen LogP contribution is 2.34. The van der Waals surface area contributed by atoms with Crippen molar-refractivity contribution in [3.8, 4) is 0 Å². The van der Waals surface area contributed by atoms with Gasteiger partial charge in [-0.15, -0.1) is 0 Å². The van der Waals surface area contributed by atoms with Crippen LogP contribution in [-0.4, -0.2) is 4.57 Å². The van der Waals surface area contributed by atoms with E-state index in [1.807, 2.05) is 0 Å². The van der Waals surface area contributed by atoms with Crippen LogP contribution in [0.5, 0.6) is 0 Å². The molecule has 2 rings (SSSR count). The van der Waals surface area contributed by atoms with Crippen LogP contribution in [0.1, 0.15) is 63.8 Å². The summed E-state index contributed by atoms with van der Waals surface area (Å²) >= 11 is 0. The molecule has 1 nitrogen and oxygen atoms in total. The Kier molecular flexibility index (Phi) is 4.91. The lowest BCUT2D eigenvalue weighted by molar-refractivity contribution is 0.310. The van der Waals surface area contributed by atoms with Crippen LogP contribution in [0, 0.1) is 19.8 Å². The molecule has 0 bridgehead atoms. The van der Waals surface area contributed by atoms with Gasteiger partial charge in [0.05, 0.1) is 0 Å². The normalized spacial score (nSPS) is 13.3. The quantitative estimate of drug-likeness (QED) is 0.604. The fraction of sp³-hybridized carbons (Fsp3) is 0.579. The minimum atomic E-state index is 0.591. The molecule has 1 atom stereocenters. The lowest BCUT2D eigenvalue weighted by atomic mass is 9.91. The van der Waals surface area contributed by atoms with Gasteiger partial charge in [-0.1, -0.05) is 44.9 Å². The van der Waals surface area contributed by atoms with Gasteiger partial charge in [-0.25, -0.2) is 0 Å². The number of hydrogen-bond donors (Lipinski definition) is 0. The summed E-state index contributed by atoms with van der Waals surface area (Å²) in [4.78, 5) is 0. The maximum atomic E-state index is 2.58. The predicted octanol–water partition coefficient (Wildman–Crippen LogP) is 6.04. The summed E-state index contributed by atoms with van der Waals surface area (Å²) in [5.41, 5.74) is 4.29. The Morgan fingerprint density at radius 3 is 2.20 bits per heavy atom. The zero-order valence-electron chi connectivity index (χ0n) is 13.7. The highest BCUT2D eigenvalue weighted by atomic mass is 15.0. The number of para-hydroxylation sites is 1. The molecule has 20 heavy (non-hydrogen) atoms. The van der Waals surface area contributed by atoms with Crippen LogP contribution >= 0.6 is 0 Å². The molecule has 0 radical (unpaired) electrons. The van der Waals surface area contributed by atoms with Gasteiger partial charge in [0.1, 0.15) is 0 Å². The number of benzene rings is 1. The van der Waals surface area contributed by atoms with E-state index in [0.29, 0.717) is 6.04 Å². The molecule has 0 saturated carbocycles. The molecule has 0 fully saturated rings. The van der Waals surface area contributed by atoms with E-state index in [4.69, 9.17) is 0 Å². The molecule has 0 aliphatic carbocycles. The first-order valence-electron chi connectivity index (χ1n) is 8.17. The van der Waals surface area contributed by atoms with Crippen molar-refractivity contribution in [2.75, 3.05) is 0 Å².